The molecule has 0 spiro atoms. The van der Waals surface area contributed by atoms with Crippen molar-refractivity contribution in [1.82, 2.24) is 14.9 Å². The number of nitrogens with one attached hydrogen (secondary N) is 1. The number of carbonyl (C=O) groups is 1. The minimum atomic E-state index is -0.00172. The number of carbonyl (C=O) groups excluding carboxylic acids is 1. The van der Waals surface area contributed by atoms with E-state index in [4.69, 9.17) is 4.98 Å². The van der Waals surface area contributed by atoms with Crippen LogP contribution < -0.4 is 5.56 Å². The highest BCUT2D eigenvalue weighted by Gasteiger charge is 2.37. The van der Waals surface area contributed by atoms with E-state index in [0.29, 0.717) is 29.4 Å². The van der Waals surface area contributed by atoms with Gasteiger partial charge in [-0.1, -0.05) is 19.3 Å². The summed E-state index contributed by atoms with van der Waals surface area (Å²) in [5.74, 6) is 2.05. The lowest BCUT2D eigenvalue weighted by Gasteiger charge is -2.34. The number of hydrogen-bond acceptors (Lipinski definition) is 5. The lowest BCUT2D eigenvalue weighted by atomic mass is 9.94. The molecule has 2 saturated carbocycles. The Hall–Kier alpha value is -1.34. The number of nitrogens with zero attached hydrogens (tertiary/aromatic N) is 2. The van der Waals surface area contributed by atoms with Gasteiger partial charge in [-0.25, -0.2) is 4.98 Å². The number of hydrogen-bond donors (Lipinski definition) is 1. The van der Waals surface area contributed by atoms with Gasteiger partial charge >= 0.3 is 0 Å². The number of H-pyrrole nitrogens is 1. The second kappa shape index (κ2) is 8.42. The highest BCUT2D eigenvalue weighted by Crippen LogP contribution is 2.35. The topological polar surface area (TPSA) is 66.1 Å². The van der Waals surface area contributed by atoms with E-state index < -0.39 is 0 Å². The zero-order chi connectivity index (χ0) is 19.8. The van der Waals surface area contributed by atoms with Gasteiger partial charge in [-0.15, -0.1) is 23.1 Å². The van der Waals surface area contributed by atoms with Crippen LogP contribution in [0.2, 0.25) is 0 Å². The first-order valence-corrected chi connectivity index (χ1v) is 13.1. The Bertz CT molecular complexity index is 957. The number of fused-ring (bicyclic) bond motifs is 3. The average Bonchev–Trinajstić information content (AvgIpc) is 3.48. The normalized spacial score (nSPS) is 20.0. The highest BCUT2D eigenvalue weighted by molar-refractivity contribution is 7.99. The van der Waals surface area contributed by atoms with Gasteiger partial charge in [0.2, 0.25) is 5.91 Å². The quantitative estimate of drug-likeness (QED) is 0.735. The van der Waals surface area contributed by atoms with E-state index in [9.17, 15) is 9.59 Å². The Morgan fingerprint density at radius 2 is 1.83 bits per heavy atom. The molecule has 0 unspecified atom stereocenters. The van der Waals surface area contributed by atoms with E-state index in [-0.39, 0.29) is 11.5 Å². The summed E-state index contributed by atoms with van der Waals surface area (Å²) in [4.78, 5) is 37.8. The average molecular weight is 432 g/mol. The number of aryl methyl sites for hydroxylation is 2. The highest BCUT2D eigenvalue weighted by atomic mass is 32.2. The molecule has 156 valence electrons. The minimum absolute atomic E-state index is 0.00172. The van der Waals surface area contributed by atoms with Crippen molar-refractivity contribution in [3.8, 4) is 0 Å². The first-order valence-electron chi connectivity index (χ1n) is 11.1. The third-order valence-corrected chi connectivity index (χ3v) is 8.65. The number of thioether (sulfide) groups is 1. The van der Waals surface area contributed by atoms with Gasteiger partial charge in [0.15, 0.2) is 0 Å². The number of amides is 1. The summed E-state index contributed by atoms with van der Waals surface area (Å²) in [6.45, 7) is 0. The molecule has 5 rings (SSSR count). The Kier molecular flexibility index (Phi) is 5.69. The van der Waals surface area contributed by atoms with Gasteiger partial charge in [-0.2, -0.15) is 0 Å². The largest absolute Gasteiger partial charge is 0.336 e. The lowest BCUT2D eigenvalue weighted by molar-refractivity contribution is -0.132. The van der Waals surface area contributed by atoms with Crippen molar-refractivity contribution in [2.24, 2.45) is 0 Å². The molecule has 0 radical (unpaired) electrons. The van der Waals surface area contributed by atoms with Crippen molar-refractivity contribution in [2.75, 3.05) is 5.75 Å². The molecule has 0 saturated heterocycles. The van der Waals surface area contributed by atoms with Crippen LogP contribution in [-0.4, -0.2) is 38.6 Å². The summed E-state index contributed by atoms with van der Waals surface area (Å²) in [6.07, 6.45) is 12.9. The van der Waals surface area contributed by atoms with Crippen molar-refractivity contribution >= 4 is 39.2 Å². The number of thiophene rings is 1. The molecule has 1 amide bonds. The predicted molar refractivity (Wildman–Crippen MR) is 120 cm³/mol. The molecule has 3 aliphatic rings. The molecule has 29 heavy (non-hydrogen) atoms. The third-order valence-electron chi connectivity index (χ3n) is 6.53. The summed E-state index contributed by atoms with van der Waals surface area (Å²) >= 11 is 3.27. The van der Waals surface area contributed by atoms with Crippen LogP contribution in [0.5, 0.6) is 0 Å². The third kappa shape index (κ3) is 4.13. The van der Waals surface area contributed by atoms with Crippen molar-refractivity contribution < 1.29 is 4.79 Å². The van der Waals surface area contributed by atoms with E-state index in [1.807, 2.05) is 0 Å². The molecule has 7 heteroatoms. The van der Waals surface area contributed by atoms with Gasteiger partial charge in [-0.3, -0.25) is 9.59 Å². The zero-order valence-corrected chi connectivity index (χ0v) is 18.5. The fourth-order valence-electron chi connectivity index (χ4n) is 5.00. The Morgan fingerprint density at radius 3 is 2.62 bits per heavy atom. The number of aromatic amines is 1. The van der Waals surface area contributed by atoms with Crippen LogP contribution >= 0.6 is 23.1 Å². The standard InChI is InChI=1S/C22H29N3O2S2/c26-19(25(15-10-11-15)14-6-2-1-3-7-14)13-28-12-18-23-21(27)20-16-8-4-5-9-17(16)29-22(20)24-18/h14-15H,1-13H2,(H,23,24,27). The maximum atomic E-state index is 12.9. The second-order valence-electron chi connectivity index (χ2n) is 8.72. The molecule has 0 bridgehead atoms. The fraction of sp³-hybridized carbons (Fsp3) is 0.682. The van der Waals surface area contributed by atoms with Gasteiger partial charge in [0.1, 0.15) is 10.7 Å². The first-order chi connectivity index (χ1) is 14.2. The molecule has 3 aliphatic carbocycles. The van der Waals surface area contributed by atoms with Crippen LogP contribution in [0.15, 0.2) is 4.79 Å². The summed E-state index contributed by atoms with van der Waals surface area (Å²) in [5.41, 5.74) is 1.23. The Balaban J connectivity index is 1.24. The lowest BCUT2D eigenvalue weighted by Crippen LogP contribution is -2.44. The molecule has 2 aromatic rings. The summed E-state index contributed by atoms with van der Waals surface area (Å²) in [7, 11) is 0. The van der Waals surface area contributed by atoms with Crippen LogP contribution in [0, 0.1) is 0 Å². The van der Waals surface area contributed by atoms with E-state index in [0.717, 1.165) is 29.5 Å². The summed E-state index contributed by atoms with van der Waals surface area (Å²) in [6, 6.07) is 0.939. The fourth-order valence-corrected chi connectivity index (χ4v) is 7.04. The minimum Gasteiger partial charge on any atom is -0.336 e. The van der Waals surface area contributed by atoms with Crippen LogP contribution in [0.25, 0.3) is 10.2 Å². The van der Waals surface area contributed by atoms with Crippen LogP contribution in [0.1, 0.15) is 74.1 Å². The molecule has 0 atom stereocenters. The number of rotatable bonds is 6. The van der Waals surface area contributed by atoms with Crippen LogP contribution in [-0.2, 0) is 23.4 Å². The Labute approximate surface area is 179 Å². The molecule has 5 nitrogen and oxygen atoms in total. The van der Waals surface area contributed by atoms with E-state index in [2.05, 4.69) is 9.88 Å². The molecular formula is C22H29N3O2S2. The van der Waals surface area contributed by atoms with Gasteiger partial charge in [0.25, 0.3) is 5.56 Å². The first kappa shape index (κ1) is 19.6. The maximum Gasteiger partial charge on any atom is 0.259 e. The summed E-state index contributed by atoms with van der Waals surface area (Å²) < 4.78 is 0. The second-order valence-corrected chi connectivity index (χ2v) is 10.8. The molecule has 2 heterocycles. The van der Waals surface area contributed by atoms with Crippen molar-refractivity contribution in [1.29, 1.82) is 0 Å². The Morgan fingerprint density at radius 1 is 1.07 bits per heavy atom. The smallest absolute Gasteiger partial charge is 0.259 e. The zero-order valence-electron chi connectivity index (χ0n) is 16.9. The molecule has 0 aliphatic heterocycles. The van der Waals surface area contributed by atoms with E-state index in [1.165, 1.54) is 61.8 Å². The van der Waals surface area contributed by atoms with Crippen LogP contribution in [0.4, 0.5) is 0 Å². The molecular weight excluding hydrogens is 402 g/mol. The molecule has 2 aromatic heterocycles. The van der Waals surface area contributed by atoms with Gasteiger partial charge in [0.05, 0.1) is 16.9 Å². The molecule has 1 N–H and O–H groups in total. The van der Waals surface area contributed by atoms with E-state index in [1.54, 1.807) is 23.1 Å². The van der Waals surface area contributed by atoms with Gasteiger partial charge in [-0.05, 0) is 56.9 Å². The van der Waals surface area contributed by atoms with Crippen molar-refractivity contribution in [3.63, 3.8) is 0 Å². The van der Waals surface area contributed by atoms with Crippen molar-refractivity contribution in [2.45, 2.75) is 88.5 Å². The number of aromatic nitrogens is 2. The van der Waals surface area contributed by atoms with E-state index >= 15 is 0 Å². The monoisotopic (exact) mass is 431 g/mol. The van der Waals surface area contributed by atoms with Gasteiger partial charge in [0, 0.05) is 17.0 Å². The molecule has 2 fully saturated rings. The van der Waals surface area contributed by atoms with Gasteiger partial charge < -0.3 is 9.88 Å². The summed E-state index contributed by atoms with van der Waals surface area (Å²) in [5, 5.41) is 0.812. The SMILES string of the molecule is O=C(CSCc1nc2sc3c(c2c(=O)[nH]1)CCCC3)N(C1CCCCC1)C1CC1. The predicted octanol–water partition coefficient (Wildman–Crippen LogP) is 4.42. The van der Waals surface area contributed by atoms with Crippen molar-refractivity contribution in [3.05, 3.63) is 26.6 Å². The molecule has 0 aromatic carbocycles. The maximum absolute atomic E-state index is 12.9. The van der Waals surface area contributed by atoms with Crippen LogP contribution in [0.3, 0.4) is 0 Å².